The molecule has 1 unspecified atom stereocenters. The van der Waals surface area contributed by atoms with Crippen molar-refractivity contribution in [2.45, 2.75) is 12.5 Å². The number of halogens is 1. The van der Waals surface area contributed by atoms with Crippen molar-refractivity contribution in [2.75, 3.05) is 18.5 Å². The molecule has 2 rings (SSSR count). The van der Waals surface area contributed by atoms with Gasteiger partial charge in [0.2, 0.25) is 5.91 Å². The Kier molecular flexibility index (Phi) is 4.44. The first-order valence-electron chi connectivity index (χ1n) is 5.88. The summed E-state index contributed by atoms with van der Waals surface area (Å²) in [5, 5.41) is 2.75. The van der Waals surface area contributed by atoms with Crippen LogP contribution in [-0.2, 0) is 4.79 Å². The minimum Gasteiger partial charge on any atom is -0.486 e. The Bertz CT molecular complexity index is 505. The van der Waals surface area contributed by atoms with Gasteiger partial charge in [0.25, 0.3) is 0 Å². The molecule has 6 heteroatoms. The van der Waals surface area contributed by atoms with Gasteiger partial charge in [-0.15, -0.1) is 6.58 Å². The van der Waals surface area contributed by atoms with Crippen molar-refractivity contribution in [3.63, 3.8) is 0 Å². The molecule has 0 saturated heterocycles. The van der Waals surface area contributed by atoms with Crippen molar-refractivity contribution in [3.8, 4) is 11.5 Å². The standard InChI is InChI=1S/C13H15BrN2O3/c1-2-3-9(15)13(17)16-10-7-12-11(6-8(10)14)18-4-5-19-12/h2,6-7,9H,1,3-5,15H2,(H,16,17). The largest absolute Gasteiger partial charge is 0.486 e. The molecule has 102 valence electrons. The van der Waals surface area contributed by atoms with Crippen LogP contribution >= 0.6 is 15.9 Å². The third-order valence-electron chi connectivity index (χ3n) is 2.65. The molecule has 0 spiro atoms. The molecule has 0 bridgehead atoms. The monoisotopic (exact) mass is 326 g/mol. The molecule has 19 heavy (non-hydrogen) atoms. The van der Waals surface area contributed by atoms with Crippen LogP contribution in [0.4, 0.5) is 5.69 Å². The molecule has 1 aliphatic rings. The van der Waals surface area contributed by atoms with E-state index in [1.165, 1.54) is 0 Å². The van der Waals surface area contributed by atoms with Gasteiger partial charge in [-0.05, 0) is 22.4 Å². The van der Waals surface area contributed by atoms with Gasteiger partial charge in [0.1, 0.15) is 13.2 Å². The van der Waals surface area contributed by atoms with Gasteiger partial charge in [-0.1, -0.05) is 6.08 Å². The van der Waals surface area contributed by atoms with Gasteiger partial charge in [0.05, 0.1) is 11.7 Å². The van der Waals surface area contributed by atoms with E-state index in [1.807, 2.05) is 0 Å². The van der Waals surface area contributed by atoms with E-state index in [2.05, 4.69) is 27.8 Å². The average Bonchev–Trinajstić information content (AvgIpc) is 2.39. The van der Waals surface area contributed by atoms with Gasteiger partial charge < -0.3 is 20.5 Å². The summed E-state index contributed by atoms with van der Waals surface area (Å²) in [5.41, 5.74) is 6.31. The number of nitrogens with two attached hydrogens (primary N) is 1. The summed E-state index contributed by atoms with van der Waals surface area (Å²) in [5.74, 6) is 1.01. The molecule has 0 radical (unpaired) electrons. The predicted octanol–water partition coefficient (Wildman–Crippen LogP) is 2.06. The zero-order valence-electron chi connectivity index (χ0n) is 10.3. The highest BCUT2D eigenvalue weighted by Crippen LogP contribution is 2.38. The maximum atomic E-state index is 11.8. The Hall–Kier alpha value is -1.53. The molecule has 0 aromatic heterocycles. The molecular weight excluding hydrogens is 312 g/mol. The number of fused-ring (bicyclic) bond motifs is 1. The zero-order valence-corrected chi connectivity index (χ0v) is 11.9. The molecule has 5 nitrogen and oxygen atoms in total. The quantitative estimate of drug-likeness (QED) is 0.830. The van der Waals surface area contributed by atoms with Crippen molar-refractivity contribution in [2.24, 2.45) is 5.73 Å². The fourth-order valence-electron chi connectivity index (χ4n) is 1.67. The molecule has 0 saturated carbocycles. The maximum absolute atomic E-state index is 11.8. The first-order valence-corrected chi connectivity index (χ1v) is 6.67. The summed E-state index contributed by atoms with van der Waals surface area (Å²) < 4.78 is 11.6. The minimum absolute atomic E-state index is 0.266. The maximum Gasteiger partial charge on any atom is 0.241 e. The summed E-state index contributed by atoms with van der Waals surface area (Å²) in [6, 6.07) is 2.87. The highest BCUT2D eigenvalue weighted by molar-refractivity contribution is 9.10. The molecule has 1 heterocycles. The van der Waals surface area contributed by atoms with Gasteiger partial charge in [0.15, 0.2) is 11.5 Å². The fourth-order valence-corrected chi connectivity index (χ4v) is 2.09. The van der Waals surface area contributed by atoms with Crippen LogP contribution in [0.1, 0.15) is 6.42 Å². The van der Waals surface area contributed by atoms with Crippen LogP contribution < -0.4 is 20.5 Å². The van der Waals surface area contributed by atoms with Gasteiger partial charge in [-0.3, -0.25) is 4.79 Å². The first-order chi connectivity index (χ1) is 9.11. The lowest BCUT2D eigenvalue weighted by Gasteiger charge is -2.20. The highest BCUT2D eigenvalue weighted by Gasteiger charge is 2.18. The minimum atomic E-state index is -0.613. The lowest BCUT2D eigenvalue weighted by atomic mass is 10.2. The Morgan fingerprint density at radius 1 is 1.47 bits per heavy atom. The highest BCUT2D eigenvalue weighted by atomic mass is 79.9. The molecule has 1 atom stereocenters. The van der Waals surface area contributed by atoms with Gasteiger partial charge >= 0.3 is 0 Å². The number of amides is 1. The van der Waals surface area contributed by atoms with Crippen LogP contribution in [0.3, 0.4) is 0 Å². The Labute approximate surface area is 119 Å². The Morgan fingerprint density at radius 2 is 2.11 bits per heavy atom. The van der Waals surface area contributed by atoms with Crippen LogP contribution in [0.25, 0.3) is 0 Å². The number of hydrogen-bond acceptors (Lipinski definition) is 4. The van der Waals surface area contributed by atoms with Crippen molar-refractivity contribution >= 4 is 27.5 Å². The van der Waals surface area contributed by atoms with E-state index in [4.69, 9.17) is 15.2 Å². The third-order valence-corrected chi connectivity index (χ3v) is 3.30. The summed E-state index contributed by atoms with van der Waals surface area (Å²) in [6.07, 6.45) is 2.04. The van der Waals surface area contributed by atoms with Gasteiger partial charge in [0, 0.05) is 16.6 Å². The van der Waals surface area contributed by atoms with Crippen molar-refractivity contribution < 1.29 is 14.3 Å². The fraction of sp³-hybridized carbons (Fsp3) is 0.308. The van der Waals surface area contributed by atoms with E-state index in [0.29, 0.717) is 36.8 Å². The molecular formula is C13H15BrN2O3. The predicted molar refractivity (Wildman–Crippen MR) is 76.6 cm³/mol. The average molecular weight is 327 g/mol. The number of benzene rings is 1. The second-order valence-corrected chi connectivity index (χ2v) is 4.95. The smallest absolute Gasteiger partial charge is 0.241 e. The lowest BCUT2D eigenvalue weighted by molar-refractivity contribution is -0.117. The summed E-state index contributed by atoms with van der Waals surface area (Å²) >= 11 is 3.38. The molecule has 0 aliphatic carbocycles. The van der Waals surface area contributed by atoms with E-state index in [0.717, 1.165) is 4.47 Å². The number of ether oxygens (including phenoxy) is 2. The lowest BCUT2D eigenvalue weighted by Crippen LogP contribution is -2.35. The number of rotatable bonds is 4. The second kappa shape index (κ2) is 6.08. The zero-order chi connectivity index (χ0) is 13.8. The number of carbonyl (C=O) groups is 1. The van der Waals surface area contributed by atoms with Crippen LogP contribution in [0.2, 0.25) is 0 Å². The SMILES string of the molecule is C=CCC(N)C(=O)Nc1cc2c(cc1Br)OCCO2. The van der Waals surface area contributed by atoms with E-state index in [9.17, 15) is 4.79 Å². The van der Waals surface area contributed by atoms with Crippen LogP contribution in [0, 0.1) is 0 Å². The Balaban J connectivity index is 2.16. The number of carbonyl (C=O) groups excluding carboxylic acids is 1. The summed E-state index contributed by atoms with van der Waals surface area (Å²) in [6.45, 7) is 4.58. The van der Waals surface area contributed by atoms with Gasteiger partial charge in [-0.25, -0.2) is 0 Å². The Morgan fingerprint density at radius 3 is 2.74 bits per heavy atom. The van der Waals surface area contributed by atoms with Crippen LogP contribution in [0.5, 0.6) is 11.5 Å². The first kappa shape index (κ1) is 13.9. The van der Waals surface area contributed by atoms with Crippen LogP contribution in [0.15, 0.2) is 29.3 Å². The second-order valence-electron chi connectivity index (χ2n) is 4.10. The van der Waals surface area contributed by atoms with Crippen molar-refractivity contribution in [1.82, 2.24) is 0 Å². The van der Waals surface area contributed by atoms with E-state index in [-0.39, 0.29) is 5.91 Å². The van der Waals surface area contributed by atoms with Crippen molar-refractivity contribution in [3.05, 3.63) is 29.3 Å². The third kappa shape index (κ3) is 3.27. The molecule has 1 aliphatic heterocycles. The van der Waals surface area contributed by atoms with E-state index in [1.54, 1.807) is 18.2 Å². The molecule has 3 N–H and O–H groups in total. The normalized spacial score (nSPS) is 14.6. The van der Waals surface area contributed by atoms with E-state index >= 15 is 0 Å². The molecule has 1 aromatic carbocycles. The molecule has 1 aromatic rings. The van der Waals surface area contributed by atoms with E-state index < -0.39 is 6.04 Å². The molecule has 1 amide bonds. The summed E-state index contributed by atoms with van der Waals surface area (Å²) in [4.78, 5) is 11.8. The number of nitrogens with one attached hydrogen (secondary N) is 1. The number of anilines is 1. The van der Waals surface area contributed by atoms with Gasteiger partial charge in [-0.2, -0.15) is 0 Å². The van der Waals surface area contributed by atoms with Crippen molar-refractivity contribution in [1.29, 1.82) is 0 Å². The molecule has 0 fully saturated rings. The number of hydrogen-bond donors (Lipinski definition) is 2. The van der Waals surface area contributed by atoms with Crippen LogP contribution in [-0.4, -0.2) is 25.2 Å². The topological polar surface area (TPSA) is 73.6 Å². The summed E-state index contributed by atoms with van der Waals surface area (Å²) in [7, 11) is 0.